The zero-order chi connectivity index (χ0) is 13.8. The van der Waals surface area contributed by atoms with Crippen LogP contribution in [0.4, 0.5) is 10.5 Å². The van der Waals surface area contributed by atoms with Crippen LogP contribution in [0, 0.1) is 0 Å². The number of nitrogens with one attached hydrogen (secondary N) is 2. The maximum absolute atomic E-state index is 12.0. The number of urea groups is 1. The van der Waals surface area contributed by atoms with Gasteiger partial charge in [-0.15, -0.1) is 0 Å². The van der Waals surface area contributed by atoms with Crippen LogP contribution in [0.25, 0.3) is 0 Å². The first-order valence-electron chi connectivity index (χ1n) is 5.87. The third kappa shape index (κ3) is 3.36. The number of anilines is 1. The molecule has 2 rings (SSSR count). The Hall–Kier alpha value is -1.79. The number of carboxylic acids is 1. The van der Waals surface area contributed by atoms with Gasteiger partial charge < -0.3 is 20.6 Å². The molecule has 6 nitrogen and oxygen atoms in total. The Morgan fingerprint density at radius 1 is 1.32 bits per heavy atom. The fraction of sp³-hybridized carbons (Fsp3) is 0.333. The summed E-state index contributed by atoms with van der Waals surface area (Å²) in [7, 11) is 0. The molecule has 0 saturated carbocycles. The standard InChI is InChI=1S/C12H14ClN3O3/c13-9-2-1-8(11(17)18)7-10(9)15-12(19)16-5-3-14-4-6-16/h1-2,7,14H,3-6H2,(H,15,19)(H,17,18). The smallest absolute Gasteiger partial charge is 0.335 e. The molecule has 0 aliphatic carbocycles. The fourth-order valence-electron chi connectivity index (χ4n) is 1.82. The second-order valence-corrected chi connectivity index (χ2v) is 4.57. The maximum atomic E-state index is 12.0. The highest BCUT2D eigenvalue weighted by molar-refractivity contribution is 6.33. The molecule has 0 aromatic heterocycles. The minimum Gasteiger partial charge on any atom is -0.478 e. The molecule has 3 N–H and O–H groups in total. The average Bonchev–Trinajstić information content (AvgIpc) is 2.42. The fourth-order valence-corrected chi connectivity index (χ4v) is 1.98. The molecule has 0 bridgehead atoms. The van der Waals surface area contributed by atoms with Crippen molar-refractivity contribution in [1.29, 1.82) is 0 Å². The van der Waals surface area contributed by atoms with Crippen LogP contribution >= 0.6 is 11.6 Å². The molecular weight excluding hydrogens is 270 g/mol. The van der Waals surface area contributed by atoms with E-state index in [9.17, 15) is 9.59 Å². The quantitative estimate of drug-likeness (QED) is 0.768. The van der Waals surface area contributed by atoms with E-state index in [4.69, 9.17) is 16.7 Å². The second kappa shape index (κ2) is 5.90. The molecule has 0 radical (unpaired) electrons. The summed E-state index contributed by atoms with van der Waals surface area (Å²) >= 11 is 5.95. The Kier molecular flexibility index (Phi) is 4.24. The third-order valence-corrected chi connectivity index (χ3v) is 3.19. The highest BCUT2D eigenvalue weighted by Crippen LogP contribution is 2.23. The topological polar surface area (TPSA) is 81.7 Å². The van der Waals surface area contributed by atoms with Gasteiger partial charge in [-0.3, -0.25) is 0 Å². The number of carbonyl (C=O) groups is 2. The van der Waals surface area contributed by atoms with Gasteiger partial charge in [0, 0.05) is 26.2 Å². The molecule has 19 heavy (non-hydrogen) atoms. The SMILES string of the molecule is O=C(O)c1ccc(Cl)c(NC(=O)N2CCNCC2)c1. The normalized spacial score (nSPS) is 15.1. The predicted molar refractivity (Wildman–Crippen MR) is 71.9 cm³/mol. The van der Waals surface area contributed by atoms with Gasteiger partial charge in [-0.1, -0.05) is 11.6 Å². The van der Waals surface area contributed by atoms with E-state index in [1.54, 1.807) is 4.90 Å². The Morgan fingerprint density at radius 3 is 2.63 bits per heavy atom. The van der Waals surface area contributed by atoms with Crippen molar-refractivity contribution in [3.05, 3.63) is 28.8 Å². The van der Waals surface area contributed by atoms with Gasteiger partial charge in [-0.2, -0.15) is 0 Å². The van der Waals surface area contributed by atoms with E-state index < -0.39 is 5.97 Å². The van der Waals surface area contributed by atoms with E-state index >= 15 is 0 Å². The molecular formula is C12H14ClN3O3. The molecule has 102 valence electrons. The summed E-state index contributed by atoms with van der Waals surface area (Å²) in [5.41, 5.74) is 0.394. The molecule has 1 aliphatic rings. The predicted octanol–water partition coefficient (Wildman–Crippen LogP) is 1.48. The van der Waals surface area contributed by atoms with Crippen molar-refractivity contribution < 1.29 is 14.7 Å². The minimum atomic E-state index is -1.06. The number of halogens is 1. The van der Waals surface area contributed by atoms with E-state index in [0.29, 0.717) is 23.8 Å². The molecule has 0 spiro atoms. The van der Waals surface area contributed by atoms with Crippen molar-refractivity contribution in [2.45, 2.75) is 0 Å². The van der Waals surface area contributed by atoms with Gasteiger partial charge in [0.05, 0.1) is 16.3 Å². The zero-order valence-electron chi connectivity index (χ0n) is 10.1. The van der Waals surface area contributed by atoms with Gasteiger partial charge in [-0.05, 0) is 18.2 Å². The van der Waals surface area contributed by atoms with E-state index in [-0.39, 0.29) is 11.6 Å². The number of rotatable bonds is 2. The van der Waals surface area contributed by atoms with Gasteiger partial charge in [0.2, 0.25) is 0 Å². The summed E-state index contributed by atoms with van der Waals surface area (Å²) in [6.45, 7) is 2.72. The number of hydrogen-bond acceptors (Lipinski definition) is 3. The number of benzene rings is 1. The van der Waals surface area contributed by atoms with Gasteiger partial charge in [-0.25, -0.2) is 9.59 Å². The number of hydrogen-bond donors (Lipinski definition) is 3. The first-order chi connectivity index (χ1) is 9.08. The Bertz CT molecular complexity index is 501. The molecule has 0 unspecified atom stereocenters. The van der Waals surface area contributed by atoms with Gasteiger partial charge >= 0.3 is 12.0 Å². The van der Waals surface area contributed by atoms with E-state index in [1.807, 2.05) is 0 Å². The van der Waals surface area contributed by atoms with Crippen LogP contribution < -0.4 is 10.6 Å². The third-order valence-electron chi connectivity index (χ3n) is 2.86. The molecule has 0 atom stereocenters. The van der Waals surface area contributed by atoms with Gasteiger partial charge in [0.15, 0.2) is 0 Å². The minimum absolute atomic E-state index is 0.0833. The van der Waals surface area contributed by atoms with Crippen molar-refractivity contribution in [3.63, 3.8) is 0 Å². The highest BCUT2D eigenvalue weighted by atomic mass is 35.5. The monoisotopic (exact) mass is 283 g/mol. The van der Waals surface area contributed by atoms with E-state index in [0.717, 1.165) is 13.1 Å². The van der Waals surface area contributed by atoms with Crippen molar-refractivity contribution in [2.24, 2.45) is 0 Å². The largest absolute Gasteiger partial charge is 0.478 e. The van der Waals surface area contributed by atoms with Crippen LogP contribution in [0.3, 0.4) is 0 Å². The first kappa shape index (κ1) is 13.6. The second-order valence-electron chi connectivity index (χ2n) is 4.17. The van der Waals surface area contributed by atoms with Crippen molar-refractivity contribution in [2.75, 3.05) is 31.5 Å². The van der Waals surface area contributed by atoms with Crippen molar-refractivity contribution in [1.82, 2.24) is 10.2 Å². The molecule has 1 heterocycles. The van der Waals surface area contributed by atoms with Crippen LogP contribution in [0.5, 0.6) is 0 Å². The van der Waals surface area contributed by atoms with E-state index in [2.05, 4.69) is 10.6 Å². The Balaban J connectivity index is 2.11. The maximum Gasteiger partial charge on any atom is 0.335 e. The van der Waals surface area contributed by atoms with Crippen molar-refractivity contribution >= 4 is 29.3 Å². The number of piperazine rings is 1. The van der Waals surface area contributed by atoms with Gasteiger partial charge in [0.25, 0.3) is 0 Å². The van der Waals surface area contributed by atoms with Crippen LogP contribution in [-0.4, -0.2) is 48.2 Å². The summed E-state index contributed by atoms with van der Waals surface area (Å²) < 4.78 is 0. The number of nitrogens with zero attached hydrogens (tertiary/aromatic N) is 1. The summed E-state index contributed by atoms with van der Waals surface area (Å²) in [4.78, 5) is 24.5. The molecule has 1 fully saturated rings. The molecule has 1 saturated heterocycles. The van der Waals surface area contributed by atoms with Crippen LogP contribution in [0.1, 0.15) is 10.4 Å². The van der Waals surface area contributed by atoms with Gasteiger partial charge in [0.1, 0.15) is 0 Å². The summed E-state index contributed by atoms with van der Waals surface area (Å²) in [6, 6.07) is 3.93. The zero-order valence-corrected chi connectivity index (χ0v) is 10.9. The summed E-state index contributed by atoms with van der Waals surface area (Å²) in [5, 5.41) is 15.0. The Morgan fingerprint density at radius 2 is 2.00 bits per heavy atom. The number of carbonyl (C=O) groups excluding carboxylic acids is 1. The summed E-state index contributed by atoms with van der Waals surface area (Å²) in [6.07, 6.45) is 0. The van der Waals surface area contributed by atoms with Crippen LogP contribution in [0.15, 0.2) is 18.2 Å². The van der Waals surface area contributed by atoms with E-state index in [1.165, 1.54) is 18.2 Å². The summed E-state index contributed by atoms with van der Waals surface area (Å²) in [5.74, 6) is -1.06. The lowest BCUT2D eigenvalue weighted by Crippen LogP contribution is -2.48. The number of aromatic carboxylic acids is 1. The Labute approximate surface area is 115 Å². The molecule has 2 amide bonds. The molecule has 1 aliphatic heterocycles. The lowest BCUT2D eigenvalue weighted by molar-refractivity contribution is 0.0697. The first-order valence-corrected chi connectivity index (χ1v) is 6.25. The highest BCUT2D eigenvalue weighted by Gasteiger charge is 2.17. The molecule has 7 heteroatoms. The lowest BCUT2D eigenvalue weighted by atomic mass is 10.2. The molecule has 1 aromatic rings. The van der Waals surface area contributed by atoms with Crippen LogP contribution in [0.2, 0.25) is 5.02 Å². The molecule has 1 aromatic carbocycles. The van der Waals surface area contributed by atoms with Crippen LogP contribution in [-0.2, 0) is 0 Å². The average molecular weight is 284 g/mol. The van der Waals surface area contributed by atoms with Crippen molar-refractivity contribution in [3.8, 4) is 0 Å². The lowest BCUT2D eigenvalue weighted by Gasteiger charge is -2.27. The number of carboxylic acid groups (broad SMARTS) is 1. The number of amides is 2.